The van der Waals surface area contributed by atoms with E-state index in [1.165, 1.54) is 0 Å². The van der Waals surface area contributed by atoms with Crippen LogP contribution in [0.5, 0.6) is 0 Å². The molecule has 17 nitrogen and oxygen atoms in total. The van der Waals surface area contributed by atoms with Crippen molar-refractivity contribution in [2.75, 3.05) is 5.53 Å². The van der Waals surface area contributed by atoms with Gasteiger partial charge in [0.2, 0.25) is 0 Å². The monoisotopic (exact) mass is 273 g/mol. The predicted molar refractivity (Wildman–Crippen MR) is 48.6 cm³/mol. The van der Waals surface area contributed by atoms with E-state index in [1.54, 1.807) is 0 Å². The topological polar surface area (TPSA) is 216 Å². The van der Waals surface area contributed by atoms with Gasteiger partial charge in [0, 0.05) is 0 Å². The van der Waals surface area contributed by atoms with E-state index >= 15 is 0 Å². The molecule has 0 aliphatic heterocycles. The molecule has 0 aliphatic carbocycles. The molecule has 0 spiro atoms. The molecule has 0 aromatic carbocycles. The van der Waals surface area contributed by atoms with Gasteiger partial charge >= 0.3 is 11.2 Å². The molecule has 3 N–H and O–H groups in total. The van der Waals surface area contributed by atoms with E-state index in [0.717, 1.165) is 9.58 Å². The molecule has 2 aromatic rings. The first-order chi connectivity index (χ1) is 9.06. The molecule has 2 rings (SSSR count). The lowest BCUT2D eigenvalue weighted by atomic mass is 11.2. The van der Waals surface area contributed by atoms with Gasteiger partial charge in [-0.05, 0) is 10.4 Å². The Hall–Kier alpha value is -3.66. The van der Waals surface area contributed by atoms with Gasteiger partial charge in [-0.15, -0.1) is 9.58 Å². The smallest absolute Gasteiger partial charge is 0.233 e. The van der Waals surface area contributed by atoms with E-state index in [4.69, 9.17) is 0 Å². The van der Waals surface area contributed by atoms with Crippen molar-refractivity contribution in [3.63, 3.8) is 0 Å². The SMILES string of the molecule is O=[N+]([O-])/N=c1/nn[nH]n1Nn1[nH]nn/c1=N\[N+](=O)[O-]. The third kappa shape index (κ3) is 2.72. The highest BCUT2D eigenvalue weighted by molar-refractivity contribution is 4.61. The van der Waals surface area contributed by atoms with Crippen LogP contribution >= 0.6 is 0 Å². The molecule has 0 unspecified atom stereocenters. The van der Waals surface area contributed by atoms with Crippen LogP contribution in [0.15, 0.2) is 10.2 Å². The van der Waals surface area contributed by atoms with Crippen molar-refractivity contribution >= 4 is 0 Å². The first-order valence-electron chi connectivity index (χ1n) is 4.21. The molecule has 19 heavy (non-hydrogen) atoms. The maximum absolute atomic E-state index is 10.2. The summed E-state index contributed by atoms with van der Waals surface area (Å²) in [6.45, 7) is 0. The van der Waals surface area contributed by atoms with Gasteiger partial charge in [0.1, 0.15) is 10.2 Å². The zero-order chi connectivity index (χ0) is 13.8. The number of H-pyrrole nitrogens is 2. The molecule has 2 aromatic heterocycles. The Morgan fingerprint density at radius 3 is 1.79 bits per heavy atom. The number of tetrazole rings is 2. The summed E-state index contributed by atoms with van der Waals surface area (Å²) in [5.74, 6) is 0. The minimum atomic E-state index is -1.01. The molecule has 17 heteroatoms. The number of nitrogens with zero attached hydrogens (tertiary/aromatic N) is 10. The molecular formula is C2H3N13O4. The Kier molecular flexibility index (Phi) is 2.91. The fourth-order valence-electron chi connectivity index (χ4n) is 0.912. The molecule has 0 amide bonds. The molecule has 0 aliphatic rings. The molecule has 0 fully saturated rings. The highest BCUT2D eigenvalue weighted by Gasteiger charge is 2.06. The average Bonchev–Trinajstić information content (AvgIpc) is 2.89. The summed E-state index contributed by atoms with van der Waals surface area (Å²) in [7, 11) is 0. The number of nitrogens with one attached hydrogen (secondary N) is 3. The zero-order valence-corrected chi connectivity index (χ0v) is 8.61. The Bertz CT molecular complexity index is 662. The molecule has 0 saturated heterocycles. The summed E-state index contributed by atoms with van der Waals surface area (Å²) >= 11 is 0. The maximum Gasteiger partial charge on any atom is 0.358 e. The first-order valence-corrected chi connectivity index (χ1v) is 4.21. The second-order valence-electron chi connectivity index (χ2n) is 2.65. The predicted octanol–water partition coefficient (Wildman–Crippen LogP) is -4.28. The summed E-state index contributed by atoms with van der Waals surface area (Å²) in [5.41, 5.74) is 1.37. The normalized spacial score (nSPS) is 12.6. The van der Waals surface area contributed by atoms with Gasteiger partial charge in [-0.3, -0.25) is 0 Å². The highest BCUT2D eigenvalue weighted by Crippen LogP contribution is 1.69. The second kappa shape index (κ2) is 4.68. The molecule has 2 heterocycles. The van der Waals surface area contributed by atoms with Crippen molar-refractivity contribution in [2.45, 2.75) is 0 Å². The van der Waals surface area contributed by atoms with Gasteiger partial charge in [0.15, 0.2) is 10.1 Å². The maximum atomic E-state index is 10.2. The number of rotatable bonds is 4. The van der Waals surface area contributed by atoms with Crippen LogP contribution in [0.1, 0.15) is 0 Å². The minimum Gasteiger partial charge on any atom is -0.233 e. The summed E-state index contributed by atoms with van der Waals surface area (Å²) in [5, 5.41) is 41.5. The van der Waals surface area contributed by atoms with Gasteiger partial charge in [0.05, 0.1) is 0 Å². The van der Waals surface area contributed by atoms with E-state index in [0.29, 0.717) is 0 Å². The van der Waals surface area contributed by atoms with Gasteiger partial charge in [-0.25, -0.2) is 20.2 Å². The van der Waals surface area contributed by atoms with Crippen LogP contribution in [0.4, 0.5) is 0 Å². The van der Waals surface area contributed by atoms with E-state index < -0.39 is 21.3 Å². The van der Waals surface area contributed by atoms with E-state index in [9.17, 15) is 20.2 Å². The van der Waals surface area contributed by atoms with E-state index in [2.05, 4.69) is 46.8 Å². The van der Waals surface area contributed by atoms with Crippen LogP contribution in [-0.4, -0.2) is 50.7 Å². The number of hydrogen-bond acceptors (Lipinski definition) is 9. The van der Waals surface area contributed by atoms with E-state index in [1.807, 2.05) is 0 Å². The molecule has 0 saturated carbocycles. The molecule has 0 radical (unpaired) electrons. The molecule has 100 valence electrons. The average molecular weight is 273 g/mol. The van der Waals surface area contributed by atoms with Crippen molar-refractivity contribution in [3.05, 3.63) is 31.5 Å². The summed E-state index contributed by atoms with van der Waals surface area (Å²) in [4.78, 5) is 21.9. The van der Waals surface area contributed by atoms with Gasteiger partial charge in [-0.1, -0.05) is 10.2 Å². The van der Waals surface area contributed by atoms with Crippen LogP contribution in [0, 0.1) is 20.2 Å². The third-order valence-corrected chi connectivity index (χ3v) is 1.51. The molecule has 0 bridgehead atoms. The lowest BCUT2D eigenvalue weighted by molar-refractivity contribution is -0.491. The Morgan fingerprint density at radius 2 is 1.42 bits per heavy atom. The largest absolute Gasteiger partial charge is 0.358 e. The third-order valence-electron chi connectivity index (χ3n) is 1.51. The second-order valence-corrected chi connectivity index (χ2v) is 2.65. The first kappa shape index (κ1) is 11.8. The molecule has 0 atom stereocenters. The standard InChI is InChI=1S/C2H3N13O4/c16-14(17)5-1-3-7-9-12(1)11-13-2(4-8-10-13)6-15(18)19/h11H,(H,3,5,9)(H,4,6,10). The minimum absolute atomic E-state index is 0.459. The summed E-state index contributed by atoms with van der Waals surface area (Å²) in [6, 6.07) is 0. The fourth-order valence-corrected chi connectivity index (χ4v) is 0.912. The lowest BCUT2D eigenvalue weighted by Crippen LogP contribution is -2.39. The highest BCUT2D eigenvalue weighted by atomic mass is 16.7. The molecular weight excluding hydrogens is 270 g/mol. The Morgan fingerprint density at radius 1 is 1.00 bits per heavy atom. The summed E-state index contributed by atoms with van der Waals surface area (Å²) in [6.07, 6.45) is 0. The van der Waals surface area contributed by atoms with Gasteiger partial charge < -0.3 is 0 Å². The van der Waals surface area contributed by atoms with E-state index in [-0.39, 0.29) is 0 Å². The van der Waals surface area contributed by atoms with Crippen LogP contribution in [0.25, 0.3) is 0 Å². The number of aromatic amines is 2. The summed E-state index contributed by atoms with van der Waals surface area (Å²) < 4.78 is 0. The van der Waals surface area contributed by atoms with Crippen molar-refractivity contribution < 1.29 is 10.1 Å². The van der Waals surface area contributed by atoms with Crippen molar-refractivity contribution in [3.8, 4) is 0 Å². The Labute approximate surface area is 99.0 Å². The van der Waals surface area contributed by atoms with Crippen molar-refractivity contribution in [1.29, 1.82) is 0 Å². The van der Waals surface area contributed by atoms with Crippen molar-refractivity contribution in [2.24, 2.45) is 10.2 Å². The Balaban J connectivity index is 2.38. The number of hydrogen-bond donors (Lipinski definition) is 3. The zero-order valence-electron chi connectivity index (χ0n) is 8.61. The van der Waals surface area contributed by atoms with Crippen LogP contribution < -0.4 is 16.8 Å². The lowest BCUT2D eigenvalue weighted by Gasteiger charge is -2.01. The number of aromatic nitrogens is 8. The van der Waals surface area contributed by atoms with Gasteiger partial charge in [0.25, 0.3) is 0 Å². The number of nitro groups is 2. The fraction of sp³-hybridized carbons (Fsp3) is 0. The quantitative estimate of drug-likeness (QED) is 0.362. The van der Waals surface area contributed by atoms with Gasteiger partial charge in [-0.2, -0.15) is 16.0 Å². The van der Waals surface area contributed by atoms with Crippen LogP contribution in [0.3, 0.4) is 0 Å². The van der Waals surface area contributed by atoms with Crippen LogP contribution in [0.2, 0.25) is 0 Å². The van der Waals surface area contributed by atoms with Crippen LogP contribution in [-0.2, 0) is 0 Å². The van der Waals surface area contributed by atoms with Crippen molar-refractivity contribution in [1.82, 2.24) is 40.6 Å².